The smallest absolute Gasteiger partial charge is 0.310 e. The van der Waals surface area contributed by atoms with E-state index >= 15 is 0 Å². The van der Waals surface area contributed by atoms with E-state index in [4.69, 9.17) is 4.74 Å². The molecule has 1 saturated carbocycles. The highest BCUT2D eigenvalue weighted by Crippen LogP contribution is 2.34. The highest BCUT2D eigenvalue weighted by Gasteiger charge is 2.45. The summed E-state index contributed by atoms with van der Waals surface area (Å²) in [6, 6.07) is -0.0798. The molecule has 112 valence electrons. The van der Waals surface area contributed by atoms with E-state index in [1.165, 1.54) is 11.4 Å². The van der Waals surface area contributed by atoms with Crippen molar-refractivity contribution in [1.29, 1.82) is 0 Å². The molecule has 0 heterocycles. The Morgan fingerprint density at radius 1 is 1.37 bits per heavy atom. The number of hydrogen-bond donors (Lipinski definition) is 0. The minimum absolute atomic E-state index is 0.0798. The number of carbonyl (C=O) groups excluding carboxylic acids is 1. The third-order valence-electron chi connectivity index (χ3n) is 3.69. The van der Waals surface area contributed by atoms with Gasteiger partial charge in [0, 0.05) is 12.6 Å². The molecule has 1 fully saturated rings. The van der Waals surface area contributed by atoms with Gasteiger partial charge in [-0.3, -0.25) is 4.79 Å². The van der Waals surface area contributed by atoms with E-state index in [-0.39, 0.29) is 6.04 Å². The number of hydrogen-bond acceptors (Lipinski definition) is 4. The fourth-order valence-corrected chi connectivity index (χ4v) is 5.28. The summed E-state index contributed by atoms with van der Waals surface area (Å²) in [5, 5.41) is -0.617. The zero-order valence-electron chi connectivity index (χ0n) is 12.3. The van der Waals surface area contributed by atoms with Crippen LogP contribution in [0.1, 0.15) is 46.5 Å². The first-order chi connectivity index (χ1) is 8.86. The first kappa shape index (κ1) is 16.4. The predicted octanol–water partition coefficient (Wildman–Crippen LogP) is 1.78. The number of carbonyl (C=O) groups is 1. The zero-order valence-corrected chi connectivity index (χ0v) is 13.1. The summed E-state index contributed by atoms with van der Waals surface area (Å²) in [5.41, 5.74) is 0. The maximum absolute atomic E-state index is 12.7. The molecular weight excluding hydrogens is 266 g/mol. The van der Waals surface area contributed by atoms with Crippen LogP contribution in [0.5, 0.6) is 0 Å². The highest BCUT2D eigenvalue weighted by atomic mass is 32.2. The number of sulfonamides is 1. The Morgan fingerprint density at radius 2 is 2.00 bits per heavy atom. The Morgan fingerprint density at radius 3 is 2.47 bits per heavy atom. The van der Waals surface area contributed by atoms with Gasteiger partial charge in [-0.05, 0) is 33.1 Å². The molecular formula is C13H25NO4S. The molecule has 0 saturated heterocycles. The maximum Gasteiger partial charge on any atom is 0.310 e. The fourth-order valence-electron chi connectivity index (χ4n) is 2.78. The summed E-state index contributed by atoms with van der Waals surface area (Å²) in [6.07, 6.45) is 2.69. The number of esters is 1. The summed E-state index contributed by atoms with van der Waals surface area (Å²) in [4.78, 5) is 11.7. The highest BCUT2D eigenvalue weighted by molar-refractivity contribution is 7.89. The van der Waals surface area contributed by atoms with E-state index in [0.717, 1.165) is 12.8 Å². The molecule has 6 heteroatoms. The molecule has 5 nitrogen and oxygen atoms in total. The Bertz CT molecular complexity index is 405. The van der Waals surface area contributed by atoms with Crippen LogP contribution in [-0.4, -0.2) is 43.6 Å². The lowest BCUT2D eigenvalue weighted by atomic mass is 10.1. The van der Waals surface area contributed by atoms with Crippen molar-refractivity contribution in [2.75, 3.05) is 13.7 Å². The predicted molar refractivity (Wildman–Crippen MR) is 74.2 cm³/mol. The summed E-state index contributed by atoms with van der Waals surface area (Å²) in [7, 11) is -2.12. The van der Waals surface area contributed by atoms with Crippen molar-refractivity contribution < 1.29 is 17.9 Å². The van der Waals surface area contributed by atoms with Gasteiger partial charge in [-0.2, -0.15) is 4.31 Å². The lowest BCUT2D eigenvalue weighted by Gasteiger charge is -2.30. The molecule has 0 aromatic carbocycles. The molecule has 0 spiro atoms. The number of methoxy groups -OCH3 is 1. The lowest BCUT2D eigenvalue weighted by Crippen LogP contribution is -2.45. The Kier molecular flexibility index (Phi) is 5.80. The van der Waals surface area contributed by atoms with Gasteiger partial charge >= 0.3 is 5.97 Å². The van der Waals surface area contributed by atoms with E-state index in [1.807, 2.05) is 20.8 Å². The van der Waals surface area contributed by atoms with Crippen LogP contribution >= 0.6 is 0 Å². The molecule has 19 heavy (non-hydrogen) atoms. The number of ether oxygens (including phenoxy) is 1. The van der Waals surface area contributed by atoms with Gasteiger partial charge in [0.2, 0.25) is 10.0 Å². The topological polar surface area (TPSA) is 63.7 Å². The maximum atomic E-state index is 12.7. The minimum atomic E-state index is -3.43. The van der Waals surface area contributed by atoms with E-state index in [2.05, 4.69) is 0 Å². The molecule has 0 aromatic heterocycles. The summed E-state index contributed by atoms with van der Waals surface area (Å²) in [5.74, 6) is -0.903. The Labute approximate surface area is 116 Å². The number of nitrogens with zero attached hydrogens (tertiary/aromatic N) is 1. The van der Waals surface area contributed by atoms with Crippen molar-refractivity contribution in [3.8, 4) is 0 Å². The molecule has 2 atom stereocenters. The van der Waals surface area contributed by atoms with Gasteiger partial charge in [-0.25, -0.2) is 8.42 Å². The molecule has 1 aliphatic rings. The van der Waals surface area contributed by atoms with Crippen molar-refractivity contribution in [3.05, 3.63) is 0 Å². The molecule has 1 rings (SSSR count). The van der Waals surface area contributed by atoms with Crippen LogP contribution in [0.15, 0.2) is 0 Å². The summed E-state index contributed by atoms with van der Waals surface area (Å²) in [6.45, 7) is 6.20. The SMILES string of the molecule is CCCN(C(C)C)S(=O)(=O)C1CCCC1C(=O)OC. The Hall–Kier alpha value is -0.620. The van der Waals surface area contributed by atoms with Crippen molar-refractivity contribution >= 4 is 16.0 Å². The van der Waals surface area contributed by atoms with Crippen molar-refractivity contribution in [3.63, 3.8) is 0 Å². The van der Waals surface area contributed by atoms with E-state index < -0.39 is 27.2 Å². The first-order valence-electron chi connectivity index (χ1n) is 6.94. The normalized spacial score (nSPS) is 24.1. The van der Waals surface area contributed by atoms with Crippen LogP contribution in [0.2, 0.25) is 0 Å². The van der Waals surface area contributed by atoms with Crippen molar-refractivity contribution in [1.82, 2.24) is 4.31 Å². The first-order valence-corrected chi connectivity index (χ1v) is 8.45. The van der Waals surface area contributed by atoms with Gasteiger partial charge in [0.1, 0.15) is 0 Å². The monoisotopic (exact) mass is 291 g/mol. The third-order valence-corrected chi connectivity index (χ3v) is 6.27. The fraction of sp³-hybridized carbons (Fsp3) is 0.923. The van der Waals surface area contributed by atoms with Gasteiger partial charge < -0.3 is 4.74 Å². The second-order valence-corrected chi connectivity index (χ2v) is 7.45. The summed E-state index contributed by atoms with van der Waals surface area (Å²) < 4.78 is 31.7. The van der Waals surface area contributed by atoms with Gasteiger partial charge in [0.15, 0.2) is 0 Å². The molecule has 2 unspecified atom stereocenters. The van der Waals surface area contributed by atoms with Crippen molar-refractivity contribution in [2.24, 2.45) is 5.92 Å². The van der Waals surface area contributed by atoms with Gasteiger partial charge in [0.05, 0.1) is 18.3 Å². The van der Waals surface area contributed by atoms with Crippen LogP contribution in [0.4, 0.5) is 0 Å². The standard InChI is InChI=1S/C13H25NO4S/c1-5-9-14(10(2)3)19(16,17)12-8-6-7-11(12)13(15)18-4/h10-12H,5-9H2,1-4H3. The van der Waals surface area contributed by atoms with Crippen LogP contribution in [0.25, 0.3) is 0 Å². The van der Waals surface area contributed by atoms with E-state index in [0.29, 0.717) is 19.4 Å². The van der Waals surface area contributed by atoms with Crippen molar-refractivity contribution in [2.45, 2.75) is 57.7 Å². The van der Waals surface area contributed by atoms with Gasteiger partial charge in [-0.15, -0.1) is 0 Å². The Balaban J connectivity index is 3.00. The second-order valence-electron chi connectivity index (χ2n) is 5.35. The van der Waals surface area contributed by atoms with Crippen LogP contribution < -0.4 is 0 Å². The van der Waals surface area contributed by atoms with E-state index in [9.17, 15) is 13.2 Å². The average Bonchev–Trinajstić information content (AvgIpc) is 2.84. The molecule has 0 radical (unpaired) electrons. The lowest BCUT2D eigenvalue weighted by molar-refractivity contribution is -0.145. The van der Waals surface area contributed by atoms with Gasteiger partial charge in [0.25, 0.3) is 0 Å². The molecule has 0 aliphatic heterocycles. The largest absolute Gasteiger partial charge is 0.469 e. The van der Waals surface area contributed by atoms with Gasteiger partial charge in [-0.1, -0.05) is 13.3 Å². The molecule has 0 aromatic rings. The third kappa shape index (κ3) is 3.48. The zero-order chi connectivity index (χ0) is 14.6. The van der Waals surface area contributed by atoms with Crippen LogP contribution in [-0.2, 0) is 19.6 Å². The average molecular weight is 291 g/mol. The second kappa shape index (κ2) is 6.70. The molecule has 0 bridgehead atoms. The summed E-state index contributed by atoms with van der Waals surface area (Å²) >= 11 is 0. The van der Waals surface area contributed by atoms with Crippen LogP contribution in [0.3, 0.4) is 0 Å². The van der Waals surface area contributed by atoms with E-state index in [1.54, 1.807) is 0 Å². The molecule has 1 aliphatic carbocycles. The molecule has 0 amide bonds. The van der Waals surface area contributed by atoms with Crippen LogP contribution in [0, 0.1) is 5.92 Å². The minimum Gasteiger partial charge on any atom is -0.469 e. The quantitative estimate of drug-likeness (QED) is 0.700. The molecule has 0 N–H and O–H groups in total. The number of rotatable bonds is 6.